The lowest BCUT2D eigenvalue weighted by molar-refractivity contribution is -0.128. The standard InChI is InChI=1S/C11H10BrClFNO/c12-7-4-11(16)15(5-7)6-8-9(13)2-1-3-10(8)14/h1-3,7H,4-6H2. The lowest BCUT2D eigenvalue weighted by Crippen LogP contribution is -2.25. The largest absolute Gasteiger partial charge is 0.337 e. The minimum atomic E-state index is -0.363. The molecule has 0 spiro atoms. The summed E-state index contributed by atoms with van der Waals surface area (Å²) in [5.74, 6) is -0.334. The molecule has 1 aromatic carbocycles. The lowest BCUT2D eigenvalue weighted by atomic mass is 10.2. The van der Waals surface area contributed by atoms with E-state index in [1.807, 2.05) is 0 Å². The van der Waals surface area contributed by atoms with E-state index in [1.165, 1.54) is 6.07 Å². The number of amides is 1. The second-order valence-electron chi connectivity index (χ2n) is 3.78. The Morgan fingerprint density at radius 1 is 1.56 bits per heavy atom. The number of likely N-dealkylation sites (tertiary alicyclic amines) is 1. The Morgan fingerprint density at radius 3 is 2.88 bits per heavy atom. The van der Waals surface area contributed by atoms with Crippen LogP contribution in [-0.4, -0.2) is 22.2 Å². The lowest BCUT2D eigenvalue weighted by Gasteiger charge is -2.17. The maximum atomic E-state index is 13.5. The number of hydrogen-bond donors (Lipinski definition) is 0. The van der Waals surface area contributed by atoms with E-state index in [2.05, 4.69) is 15.9 Å². The van der Waals surface area contributed by atoms with Crippen LogP contribution in [0.1, 0.15) is 12.0 Å². The molecule has 1 heterocycles. The molecule has 0 bridgehead atoms. The average molecular weight is 307 g/mol. The quantitative estimate of drug-likeness (QED) is 0.769. The molecule has 0 N–H and O–H groups in total. The minimum absolute atomic E-state index is 0.0289. The smallest absolute Gasteiger partial charge is 0.224 e. The van der Waals surface area contributed by atoms with Crippen LogP contribution in [0.3, 0.4) is 0 Å². The predicted molar refractivity (Wildman–Crippen MR) is 64.2 cm³/mol. The number of carbonyl (C=O) groups is 1. The molecule has 1 amide bonds. The van der Waals surface area contributed by atoms with Gasteiger partial charge in [-0.25, -0.2) is 4.39 Å². The highest BCUT2D eigenvalue weighted by Gasteiger charge is 2.28. The summed E-state index contributed by atoms with van der Waals surface area (Å²) < 4.78 is 13.5. The van der Waals surface area contributed by atoms with E-state index >= 15 is 0 Å². The molecule has 2 rings (SSSR count). The molecule has 1 unspecified atom stereocenters. The Labute approximate surface area is 107 Å². The maximum absolute atomic E-state index is 13.5. The Morgan fingerprint density at radius 2 is 2.31 bits per heavy atom. The molecule has 1 aliphatic heterocycles. The summed E-state index contributed by atoms with van der Waals surface area (Å²) in [5.41, 5.74) is 0.388. The molecule has 5 heteroatoms. The van der Waals surface area contributed by atoms with Gasteiger partial charge < -0.3 is 4.90 Å². The highest BCUT2D eigenvalue weighted by molar-refractivity contribution is 9.09. The first-order chi connectivity index (χ1) is 7.58. The first kappa shape index (κ1) is 11.9. The second-order valence-corrected chi connectivity index (χ2v) is 5.48. The number of carbonyl (C=O) groups excluding carboxylic acids is 1. The van der Waals surface area contributed by atoms with Crippen LogP contribution in [0.2, 0.25) is 5.02 Å². The normalized spacial score (nSPS) is 20.6. The maximum Gasteiger partial charge on any atom is 0.224 e. The Balaban J connectivity index is 2.18. The fraction of sp³-hybridized carbons (Fsp3) is 0.364. The van der Waals surface area contributed by atoms with Crippen molar-refractivity contribution in [1.29, 1.82) is 0 Å². The van der Waals surface area contributed by atoms with Crippen LogP contribution < -0.4 is 0 Å². The molecule has 2 nitrogen and oxygen atoms in total. The van der Waals surface area contributed by atoms with Gasteiger partial charge >= 0.3 is 0 Å². The zero-order valence-electron chi connectivity index (χ0n) is 8.42. The Hall–Kier alpha value is -0.610. The van der Waals surface area contributed by atoms with Gasteiger partial charge in [0.2, 0.25) is 5.91 Å². The monoisotopic (exact) mass is 305 g/mol. The topological polar surface area (TPSA) is 20.3 Å². The van der Waals surface area contributed by atoms with Crippen LogP contribution in [0, 0.1) is 5.82 Å². The molecule has 1 fully saturated rings. The third-order valence-electron chi connectivity index (χ3n) is 2.58. The molecule has 1 aromatic rings. The number of benzene rings is 1. The van der Waals surface area contributed by atoms with Crippen molar-refractivity contribution in [3.05, 3.63) is 34.6 Å². The molecule has 86 valence electrons. The molecule has 16 heavy (non-hydrogen) atoms. The zero-order chi connectivity index (χ0) is 11.7. The number of rotatable bonds is 2. The van der Waals surface area contributed by atoms with E-state index in [0.29, 0.717) is 23.6 Å². The van der Waals surface area contributed by atoms with E-state index in [0.717, 1.165) is 0 Å². The second kappa shape index (κ2) is 4.72. The van der Waals surface area contributed by atoms with Crippen molar-refractivity contribution in [1.82, 2.24) is 4.90 Å². The summed E-state index contributed by atoms with van der Waals surface area (Å²) in [6, 6.07) is 4.54. The first-order valence-corrected chi connectivity index (χ1v) is 6.22. The summed E-state index contributed by atoms with van der Waals surface area (Å²) in [6.07, 6.45) is 0.464. The van der Waals surface area contributed by atoms with Crippen molar-refractivity contribution in [2.24, 2.45) is 0 Å². The van der Waals surface area contributed by atoms with Gasteiger partial charge in [0, 0.05) is 28.4 Å². The summed E-state index contributed by atoms with van der Waals surface area (Å²) >= 11 is 9.28. The van der Waals surface area contributed by atoms with E-state index in [9.17, 15) is 9.18 Å². The summed E-state index contributed by atoms with van der Waals surface area (Å²) in [7, 11) is 0. The van der Waals surface area contributed by atoms with Crippen LogP contribution >= 0.6 is 27.5 Å². The first-order valence-electron chi connectivity index (χ1n) is 4.92. The van der Waals surface area contributed by atoms with Gasteiger partial charge in [-0.15, -0.1) is 0 Å². The SMILES string of the molecule is O=C1CC(Br)CN1Cc1c(F)cccc1Cl. The summed E-state index contributed by atoms with van der Waals surface area (Å²) in [6.45, 7) is 0.843. The predicted octanol–water partition coefficient (Wildman–Crippen LogP) is 2.97. The number of nitrogens with zero attached hydrogens (tertiary/aromatic N) is 1. The van der Waals surface area contributed by atoms with Crippen molar-refractivity contribution in [2.45, 2.75) is 17.8 Å². The molecule has 0 saturated carbocycles. The molecule has 1 aliphatic rings. The van der Waals surface area contributed by atoms with E-state index in [4.69, 9.17) is 11.6 Å². The van der Waals surface area contributed by atoms with Crippen LogP contribution in [0.4, 0.5) is 4.39 Å². The fourth-order valence-electron chi connectivity index (χ4n) is 1.75. The summed E-state index contributed by atoms with van der Waals surface area (Å²) in [5, 5.41) is 0.367. The molecular formula is C11H10BrClFNO. The highest BCUT2D eigenvalue weighted by Crippen LogP contribution is 2.25. The fourth-order valence-corrected chi connectivity index (χ4v) is 2.60. The molecule has 0 aromatic heterocycles. The average Bonchev–Trinajstić information content (AvgIpc) is 2.51. The third kappa shape index (κ3) is 2.38. The molecular weight excluding hydrogens is 296 g/mol. The van der Waals surface area contributed by atoms with Gasteiger partial charge in [0.25, 0.3) is 0 Å². The van der Waals surface area contributed by atoms with Crippen molar-refractivity contribution in [3.8, 4) is 0 Å². The van der Waals surface area contributed by atoms with Gasteiger partial charge in [0.1, 0.15) is 5.82 Å². The van der Waals surface area contributed by atoms with Crippen LogP contribution in [0.15, 0.2) is 18.2 Å². The number of alkyl halides is 1. The molecule has 1 saturated heterocycles. The van der Waals surface area contributed by atoms with Gasteiger partial charge in [-0.1, -0.05) is 33.6 Å². The third-order valence-corrected chi connectivity index (χ3v) is 3.55. The number of hydrogen-bond acceptors (Lipinski definition) is 1. The molecule has 1 atom stereocenters. The van der Waals surface area contributed by atoms with Crippen molar-refractivity contribution >= 4 is 33.4 Å². The van der Waals surface area contributed by atoms with Crippen molar-refractivity contribution in [2.75, 3.05) is 6.54 Å². The van der Waals surface area contributed by atoms with Gasteiger partial charge in [-0.05, 0) is 12.1 Å². The Bertz CT molecular complexity index is 406. The van der Waals surface area contributed by atoms with Gasteiger partial charge in [-0.2, -0.15) is 0 Å². The molecule has 0 radical (unpaired) electrons. The van der Waals surface area contributed by atoms with Gasteiger partial charge in [-0.3, -0.25) is 4.79 Å². The van der Waals surface area contributed by atoms with Crippen LogP contribution in [0.5, 0.6) is 0 Å². The minimum Gasteiger partial charge on any atom is -0.337 e. The summed E-state index contributed by atoms with van der Waals surface area (Å²) in [4.78, 5) is 13.3. The van der Waals surface area contributed by atoms with E-state index in [-0.39, 0.29) is 23.1 Å². The van der Waals surface area contributed by atoms with E-state index < -0.39 is 0 Å². The van der Waals surface area contributed by atoms with Crippen LogP contribution in [0.25, 0.3) is 0 Å². The number of halogens is 3. The van der Waals surface area contributed by atoms with E-state index in [1.54, 1.807) is 17.0 Å². The highest BCUT2D eigenvalue weighted by atomic mass is 79.9. The van der Waals surface area contributed by atoms with Crippen molar-refractivity contribution in [3.63, 3.8) is 0 Å². The van der Waals surface area contributed by atoms with Gasteiger partial charge in [0.05, 0.1) is 6.54 Å². The van der Waals surface area contributed by atoms with Gasteiger partial charge in [0.15, 0.2) is 0 Å². The Kier molecular flexibility index (Phi) is 3.50. The zero-order valence-corrected chi connectivity index (χ0v) is 10.8. The molecule has 0 aliphatic carbocycles. The van der Waals surface area contributed by atoms with Crippen molar-refractivity contribution < 1.29 is 9.18 Å². The van der Waals surface area contributed by atoms with Crippen LogP contribution in [-0.2, 0) is 11.3 Å².